The Bertz CT molecular complexity index is 1210. The number of thioether (sulfide) groups is 1. The lowest BCUT2D eigenvalue weighted by Crippen LogP contribution is -2.29. The van der Waals surface area contributed by atoms with Gasteiger partial charge in [-0.1, -0.05) is 96.6 Å². The summed E-state index contributed by atoms with van der Waals surface area (Å²) in [6.07, 6.45) is 4.79. The maximum atomic E-state index is 12.8. The monoisotopic (exact) mass is 474 g/mol. The number of benzene rings is 3. The van der Waals surface area contributed by atoms with Crippen LogP contribution >= 0.6 is 24.0 Å². The first-order chi connectivity index (χ1) is 16.0. The summed E-state index contributed by atoms with van der Waals surface area (Å²) in [5, 5.41) is 5.18. The minimum absolute atomic E-state index is 0.0120. The average Bonchev–Trinajstić information content (AvgIpc) is 3.08. The Morgan fingerprint density at radius 3 is 2.58 bits per heavy atom. The standard InChI is InChI=1S/C27H26N2O2S2/c1-19-13-15-20(16-14-19)18-24-26(31)29(27(32)33-24)17-6-2-3-12-25(30)28-23-11-7-9-21-8-4-5-10-22(21)23/h4-5,7-11,13-16,18H,2-3,6,12,17H2,1H3,(H,28,30). The van der Waals surface area contributed by atoms with Gasteiger partial charge in [-0.25, -0.2) is 0 Å². The molecular formula is C27H26N2O2S2. The molecule has 6 heteroatoms. The third kappa shape index (κ3) is 5.89. The first-order valence-electron chi connectivity index (χ1n) is 11.1. The van der Waals surface area contributed by atoms with E-state index < -0.39 is 0 Å². The Balaban J connectivity index is 1.22. The predicted molar refractivity (Wildman–Crippen MR) is 142 cm³/mol. The number of hydrogen-bond donors (Lipinski definition) is 1. The molecule has 1 aliphatic heterocycles. The number of thiocarbonyl (C=S) groups is 1. The second-order valence-corrected chi connectivity index (χ2v) is 9.81. The Hall–Kier alpha value is -2.96. The van der Waals surface area contributed by atoms with E-state index in [2.05, 4.69) is 5.32 Å². The molecule has 0 atom stereocenters. The van der Waals surface area contributed by atoms with Gasteiger partial charge in [-0.05, 0) is 42.9 Å². The molecule has 0 spiro atoms. The van der Waals surface area contributed by atoms with Gasteiger partial charge in [0.05, 0.1) is 4.91 Å². The molecule has 33 heavy (non-hydrogen) atoms. The fourth-order valence-electron chi connectivity index (χ4n) is 3.79. The van der Waals surface area contributed by atoms with E-state index in [1.54, 1.807) is 4.90 Å². The Labute approximate surface area is 204 Å². The van der Waals surface area contributed by atoms with Crippen LogP contribution in [-0.4, -0.2) is 27.6 Å². The summed E-state index contributed by atoms with van der Waals surface area (Å²) in [6, 6.07) is 22.0. The lowest BCUT2D eigenvalue weighted by Gasteiger charge is -2.14. The maximum absolute atomic E-state index is 12.8. The molecule has 168 valence electrons. The minimum Gasteiger partial charge on any atom is -0.326 e. The van der Waals surface area contributed by atoms with Gasteiger partial charge < -0.3 is 5.32 Å². The lowest BCUT2D eigenvalue weighted by molar-refractivity contribution is -0.122. The molecule has 0 unspecified atom stereocenters. The van der Waals surface area contributed by atoms with Crippen LogP contribution in [0.25, 0.3) is 16.8 Å². The van der Waals surface area contributed by atoms with Gasteiger partial charge in [0, 0.05) is 24.0 Å². The van der Waals surface area contributed by atoms with Crippen molar-refractivity contribution in [3.05, 3.63) is 82.8 Å². The number of fused-ring (bicyclic) bond motifs is 1. The molecule has 3 aromatic rings. The number of hydrogen-bond acceptors (Lipinski definition) is 4. The molecule has 1 saturated heterocycles. The topological polar surface area (TPSA) is 49.4 Å². The molecule has 0 aliphatic carbocycles. The number of unbranched alkanes of at least 4 members (excludes halogenated alkanes) is 2. The quantitative estimate of drug-likeness (QED) is 0.229. The molecule has 0 aromatic heterocycles. The van der Waals surface area contributed by atoms with Crippen LogP contribution in [0.2, 0.25) is 0 Å². The third-order valence-electron chi connectivity index (χ3n) is 5.60. The molecule has 1 aliphatic rings. The van der Waals surface area contributed by atoms with Crippen molar-refractivity contribution < 1.29 is 9.59 Å². The molecule has 1 N–H and O–H groups in total. The van der Waals surface area contributed by atoms with E-state index in [4.69, 9.17) is 12.2 Å². The lowest BCUT2D eigenvalue weighted by atomic mass is 10.1. The van der Waals surface area contributed by atoms with Crippen molar-refractivity contribution in [1.29, 1.82) is 0 Å². The maximum Gasteiger partial charge on any atom is 0.266 e. The Morgan fingerprint density at radius 1 is 1.00 bits per heavy atom. The van der Waals surface area contributed by atoms with Crippen molar-refractivity contribution in [2.24, 2.45) is 0 Å². The number of carbonyl (C=O) groups excluding carboxylic acids is 2. The number of carbonyl (C=O) groups is 2. The second-order valence-electron chi connectivity index (χ2n) is 8.13. The van der Waals surface area contributed by atoms with Crippen LogP contribution < -0.4 is 5.32 Å². The van der Waals surface area contributed by atoms with Gasteiger partial charge in [0.15, 0.2) is 0 Å². The van der Waals surface area contributed by atoms with Crippen molar-refractivity contribution >= 4 is 62.7 Å². The zero-order valence-electron chi connectivity index (χ0n) is 18.5. The number of nitrogens with zero attached hydrogens (tertiary/aromatic N) is 1. The number of anilines is 1. The van der Waals surface area contributed by atoms with E-state index in [0.717, 1.165) is 41.3 Å². The van der Waals surface area contributed by atoms with Gasteiger partial charge in [0.2, 0.25) is 5.91 Å². The smallest absolute Gasteiger partial charge is 0.266 e. The summed E-state index contributed by atoms with van der Waals surface area (Å²) in [4.78, 5) is 27.5. The fourth-order valence-corrected chi connectivity index (χ4v) is 5.09. The van der Waals surface area contributed by atoms with Crippen molar-refractivity contribution in [1.82, 2.24) is 4.90 Å². The van der Waals surface area contributed by atoms with Crippen LogP contribution in [0.5, 0.6) is 0 Å². The van der Waals surface area contributed by atoms with E-state index in [-0.39, 0.29) is 11.8 Å². The SMILES string of the molecule is Cc1ccc(C=C2SC(=S)N(CCCCCC(=O)Nc3cccc4ccccc34)C2=O)cc1. The van der Waals surface area contributed by atoms with Gasteiger partial charge in [-0.15, -0.1) is 0 Å². The summed E-state index contributed by atoms with van der Waals surface area (Å²) in [5.74, 6) is -0.0164. The molecule has 0 saturated carbocycles. The van der Waals surface area contributed by atoms with E-state index in [0.29, 0.717) is 22.2 Å². The molecular weight excluding hydrogens is 448 g/mol. The van der Waals surface area contributed by atoms with Gasteiger partial charge in [-0.3, -0.25) is 14.5 Å². The first kappa shape index (κ1) is 23.2. The molecule has 0 bridgehead atoms. The highest BCUT2D eigenvalue weighted by Gasteiger charge is 2.31. The predicted octanol–water partition coefficient (Wildman–Crippen LogP) is 6.55. The van der Waals surface area contributed by atoms with E-state index >= 15 is 0 Å². The molecule has 0 radical (unpaired) electrons. The second kappa shape index (κ2) is 10.8. The van der Waals surface area contributed by atoms with Crippen molar-refractivity contribution in [3.8, 4) is 0 Å². The number of aryl methyl sites for hydroxylation is 1. The Kier molecular flexibility index (Phi) is 7.57. The van der Waals surface area contributed by atoms with Crippen molar-refractivity contribution in [3.63, 3.8) is 0 Å². The summed E-state index contributed by atoms with van der Waals surface area (Å²) >= 11 is 6.78. The zero-order valence-corrected chi connectivity index (χ0v) is 20.2. The van der Waals surface area contributed by atoms with Crippen LogP contribution in [0.4, 0.5) is 5.69 Å². The van der Waals surface area contributed by atoms with Crippen LogP contribution in [0, 0.1) is 6.92 Å². The highest BCUT2D eigenvalue weighted by molar-refractivity contribution is 8.26. The molecule has 4 rings (SSSR count). The van der Waals surface area contributed by atoms with E-state index in [1.165, 1.54) is 17.3 Å². The minimum atomic E-state index is -0.0285. The zero-order chi connectivity index (χ0) is 23.2. The van der Waals surface area contributed by atoms with Gasteiger partial charge in [0.1, 0.15) is 4.32 Å². The van der Waals surface area contributed by atoms with Crippen molar-refractivity contribution in [2.75, 3.05) is 11.9 Å². The number of rotatable bonds is 8. The van der Waals surface area contributed by atoms with Crippen LogP contribution in [0.3, 0.4) is 0 Å². The van der Waals surface area contributed by atoms with E-state index in [1.807, 2.05) is 79.7 Å². The van der Waals surface area contributed by atoms with Crippen LogP contribution in [0.15, 0.2) is 71.6 Å². The van der Waals surface area contributed by atoms with Crippen molar-refractivity contribution in [2.45, 2.75) is 32.6 Å². The molecule has 1 fully saturated rings. The largest absolute Gasteiger partial charge is 0.326 e. The van der Waals surface area contributed by atoms with Gasteiger partial charge in [0.25, 0.3) is 5.91 Å². The first-order valence-corrected chi connectivity index (χ1v) is 12.3. The van der Waals surface area contributed by atoms with Gasteiger partial charge in [-0.2, -0.15) is 0 Å². The molecule has 3 aromatic carbocycles. The summed E-state index contributed by atoms with van der Waals surface area (Å²) < 4.78 is 0.604. The number of nitrogens with one attached hydrogen (secondary N) is 1. The average molecular weight is 475 g/mol. The molecule has 2 amide bonds. The third-order valence-corrected chi connectivity index (χ3v) is 6.98. The Morgan fingerprint density at radius 2 is 1.76 bits per heavy atom. The highest BCUT2D eigenvalue weighted by atomic mass is 32.2. The van der Waals surface area contributed by atoms with E-state index in [9.17, 15) is 9.59 Å². The summed E-state index contributed by atoms with van der Waals surface area (Å²) in [7, 11) is 0. The summed E-state index contributed by atoms with van der Waals surface area (Å²) in [5.41, 5.74) is 3.03. The van der Waals surface area contributed by atoms with Gasteiger partial charge >= 0.3 is 0 Å². The fraction of sp³-hybridized carbons (Fsp3) is 0.222. The highest BCUT2D eigenvalue weighted by Crippen LogP contribution is 2.33. The molecule has 4 nitrogen and oxygen atoms in total. The summed E-state index contributed by atoms with van der Waals surface area (Å²) in [6.45, 7) is 2.62. The number of amides is 2. The van der Waals surface area contributed by atoms with Crippen LogP contribution in [0.1, 0.15) is 36.8 Å². The molecule has 1 heterocycles. The van der Waals surface area contributed by atoms with Crippen LogP contribution in [-0.2, 0) is 9.59 Å². The normalized spacial score (nSPS) is 14.9.